The Labute approximate surface area is 146 Å². The zero-order chi connectivity index (χ0) is 16.4. The van der Waals surface area contributed by atoms with E-state index in [0.29, 0.717) is 0 Å². The SMILES string of the molecule is CCCC1(CCC)NC(=S)N2N1C(=S)NC2(CCC)CCC. The summed E-state index contributed by atoms with van der Waals surface area (Å²) < 4.78 is 0. The third-order valence-electron chi connectivity index (χ3n) is 4.73. The Morgan fingerprint density at radius 1 is 0.682 bits per heavy atom. The second kappa shape index (κ2) is 6.87. The average Bonchev–Trinajstić information content (AvgIpc) is 2.88. The Hall–Kier alpha value is -0.620. The number of fused-ring (bicyclic) bond motifs is 1. The van der Waals surface area contributed by atoms with Crippen molar-refractivity contribution in [3.8, 4) is 0 Å². The van der Waals surface area contributed by atoms with Crippen molar-refractivity contribution in [2.24, 2.45) is 0 Å². The van der Waals surface area contributed by atoms with E-state index < -0.39 is 0 Å². The maximum Gasteiger partial charge on any atom is 0.192 e. The number of nitrogens with one attached hydrogen (secondary N) is 2. The number of hydrogen-bond acceptors (Lipinski definition) is 2. The van der Waals surface area contributed by atoms with E-state index in [2.05, 4.69) is 48.3 Å². The highest BCUT2D eigenvalue weighted by Crippen LogP contribution is 2.42. The van der Waals surface area contributed by atoms with Gasteiger partial charge < -0.3 is 10.6 Å². The molecule has 2 aliphatic rings. The zero-order valence-corrected chi connectivity index (χ0v) is 16.0. The predicted octanol–water partition coefficient (Wildman–Crippen LogP) is 3.87. The number of nitrogens with zero attached hydrogens (tertiary/aromatic N) is 2. The minimum absolute atomic E-state index is 0.145. The van der Waals surface area contributed by atoms with Crippen molar-refractivity contribution in [2.45, 2.75) is 90.4 Å². The van der Waals surface area contributed by atoms with Crippen molar-refractivity contribution in [3.05, 3.63) is 0 Å². The second-order valence-corrected chi connectivity index (χ2v) is 7.32. The van der Waals surface area contributed by atoms with Crippen LogP contribution in [0.3, 0.4) is 0 Å². The van der Waals surface area contributed by atoms with Crippen LogP contribution in [0.25, 0.3) is 0 Å². The molecule has 2 aliphatic heterocycles. The monoisotopic (exact) mass is 342 g/mol. The first-order valence-corrected chi connectivity index (χ1v) is 9.56. The Kier molecular flexibility index (Phi) is 5.54. The lowest BCUT2D eigenvalue weighted by Gasteiger charge is -2.40. The molecule has 2 saturated heterocycles. The van der Waals surface area contributed by atoms with Crippen molar-refractivity contribution >= 4 is 34.7 Å². The van der Waals surface area contributed by atoms with Gasteiger partial charge in [-0.25, -0.2) is 10.0 Å². The fraction of sp³-hybridized carbons (Fsp3) is 0.875. The van der Waals surface area contributed by atoms with Gasteiger partial charge in [0.05, 0.1) is 0 Å². The zero-order valence-electron chi connectivity index (χ0n) is 14.4. The lowest BCUT2D eigenvalue weighted by molar-refractivity contribution is -0.0170. The van der Waals surface area contributed by atoms with Crippen molar-refractivity contribution in [2.75, 3.05) is 0 Å². The molecule has 22 heavy (non-hydrogen) atoms. The van der Waals surface area contributed by atoms with Gasteiger partial charge in [0, 0.05) is 0 Å². The Bertz CT molecular complexity index is 386. The summed E-state index contributed by atoms with van der Waals surface area (Å²) >= 11 is 11.5. The molecule has 0 amide bonds. The largest absolute Gasteiger partial charge is 0.337 e. The highest BCUT2D eigenvalue weighted by Gasteiger charge is 2.59. The Morgan fingerprint density at radius 3 is 1.18 bits per heavy atom. The van der Waals surface area contributed by atoms with Crippen LogP contribution in [0, 0.1) is 0 Å². The van der Waals surface area contributed by atoms with Gasteiger partial charge in [-0.1, -0.05) is 53.4 Å². The van der Waals surface area contributed by atoms with Gasteiger partial charge in [-0.15, -0.1) is 0 Å². The molecule has 0 aromatic heterocycles. The topological polar surface area (TPSA) is 30.5 Å². The first kappa shape index (κ1) is 17.7. The summed E-state index contributed by atoms with van der Waals surface area (Å²) in [5.41, 5.74) is -0.290. The van der Waals surface area contributed by atoms with Gasteiger partial charge in [0.2, 0.25) is 0 Å². The molecule has 0 aliphatic carbocycles. The fourth-order valence-corrected chi connectivity index (χ4v) is 5.03. The molecule has 6 heteroatoms. The Balaban J connectivity index is 2.42. The summed E-state index contributed by atoms with van der Waals surface area (Å²) in [4.78, 5) is 0. The smallest absolute Gasteiger partial charge is 0.192 e. The van der Waals surface area contributed by atoms with Gasteiger partial charge in [-0.2, -0.15) is 0 Å². The van der Waals surface area contributed by atoms with Gasteiger partial charge in [-0.05, 0) is 50.1 Å². The van der Waals surface area contributed by atoms with Crippen molar-refractivity contribution in [1.82, 2.24) is 20.7 Å². The number of hydrogen-bond donors (Lipinski definition) is 2. The highest BCUT2D eigenvalue weighted by atomic mass is 32.1. The van der Waals surface area contributed by atoms with E-state index in [9.17, 15) is 0 Å². The molecule has 0 aromatic rings. The van der Waals surface area contributed by atoms with Crippen LogP contribution in [0.4, 0.5) is 0 Å². The first-order valence-electron chi connectivity index (χ1n) is 8.75. The first-order chi connectivity index (χ1) is 10.5. The van der Waals surface area contributed by atoms with Crippen LogP contribution in [0.1, 0.15) is 79.1 Å². The molecule has 2 N–H and O–H groups in total. The molecule has 2 fully saturated rings. The number of thiocarbonyl (C=S) groups is 2. The van der Waals surface area contributed by atoms with Crippen molar-refractivity contribution < 1.29 is 0 Å². The van der Waals surface area contributed by atoms with Crippen LogP contribution >= 0.6 is 24.4 Å². The summed E-state index contributed by atoms with van der Waals surface area (Å²) in [6, 6.07) is 0. The number of hydrazine groups is 1. The minimum atomic E-state index is -0.145. The molecule has 0 atom stereocenters. The van der Waals surface area contributed by atoms with Gasteiger partial charge in [-0.3, -0.25) is 0 Å². The van der Waals surface area contributed by atoms with E-state index in [-0.39, 0.29) is 11.3 Å². The normalized spacial score (nSPS) is 21.8. The van der Waals surface area contributed by atoms with E-state index >= 15 is 0 Å². The standard InChI is InChI=1S/C16H30N4S2/c1-5-9-15(10-6-2)17-13(21)20-16(11-7-3,12-8-4)18-14(22)19(15)20/h5-12H2,1-4H3,(H,17,21)(H,18,22). The summed E-state index contributed by atoms with van der Waals surface area (Å²) in [5, 5.41) is 13.5. The maximum absolute atomic E-state index is 5.74. The van der Waals surface area contributed by atoms with E-state index in [1.54, 1.807) is 0 Å². The molecular weight excluding hydrogens is 312 g/mol. The molecule has 0 aromatic carbocycles. The fourth-order valence-electron chi connectivity index (χ4n) is 4.14. The third kappa shape index (κ3) is 2.68. The third-order valence-corrected chi connectivity index (χ3v) is 5.28. The quantitative estimate of drug-likeness (QED) is 0.651. The summed E-state index contributed by atoms with van der Waals surface area (Å²) in [6.45, 7) is 8.90. The van der Waals surface area contributed by atoms with Gasteiger partial charge >= 0.3 is 0 Å². The molecule has 0 spiro atoms. The van der Waals surface area contributed by atoms with E-state index in [1.165, 1.54) is 0 Å². The molecule has 0 bridgehead atoms. The molecular formula is C16H30N4S2. The predicted molar refractivity (Wildman–Crippen MR) is 100 cm³/mol. The summed E-state index contributed by atoms with van der Waals surface area (Å²) in [7, 11) is 0. The van der Waals surface area contributed by atoms with Crippen LogP contribution in [0.5, 0.6) is 0 Å². The molecule has 2 heterocycles. The minimum Gasteiger partial charge on any atom is -0.337 e. The van der Waals surface area contributed by atoms with Crippen LogP contribution in [-0.2, 0) is 0 Å². The lowest BCUT2D eigenvalue weighted by atomic mass is 9.98. The van der Waals surface area contributed by atoms with Crippen molar-refractivity contribution in [1.29, 1.82) is 0 Å². The van der Waals surface area contributed by atoms with Crippen molar-refractivity contribution in [3.63, 3.8) is 0 Å². The van der Waals surface area contributed by atoms with E-state index in [1.807, 2.05) is 0 Å². The van der Waals surface area contributed by atoms with Crippen LogP contribution < -0.4 is 10.6 Å². The maximum atomic E-state index is 5.74. The average molecular weight is 343 g/mol. The highest BCUT2D eigenvalue weighted by molar-refractivity contribution is 7.80. The van der Waals surface area contributed by atoms with E-state index in [0.717, 1.165) is 61.6 Å². The van der Waals surface area contributed by atoms with Gasteiger partial charge in [0.15, 0.2) is 10.2 Å². The summed E-state index contributed by atoms with van der Waals surface area (Å²) in [6.07, 6.45) is 8.63. The van der Waals surface area contributed by atoms with Crippen LogP contribution in [-0.4, -0.2) is 31.6 Å². The molecule has 0 radical (unpaired) electrons. The van der Waals surface area contributed by atoms with Gasteiger partial charge in [0.25, 0.3) is 0 Å². The Morgan fingerprint density at radius 2 is 0.955 bits per heavy atom. The van der Waals surface area contributed by atoms with Gasteiger partial charge in [0.1, 0.15) is 11.3 Å². The summed E-state index contributed by atoms with van der Waals surface area (Å²) in [5.74, 6) is 0. The molecule has 0 unspecified atom stereocenters. The number of rotatable bonds is 8. The van der Waals surface area contributed by atoms with E-state index in [4.69, 9.17) is 24.4 Å². The van der Waals surface area contributed by atoms with Crippen LogP contribution in [0.15, 0.2) is 0 Å². The molecule has 4 nitrogen and oxygen atoms in total. The molecule has 126 valence electrons. The second-order valence-electron chi connectivity index (χ2n) is 6.55. The van der Waals surface area contributed by atoms with Crippen LogP contribution in [0.2, 0.25) is 0 Å². The lowest BCUT2D eigenvalue weighted by Crippen LogP contribution is -2.55. The molecule has 2 rings (SSSR count). The molecule has 0 saturated carbocycles.